The fourth-order valence-corrected chi connectivity index (χ4v) is 2.10. The monoisotopic (exact) mass is 378 g/mol. The summed E-state index contributed by atoms with van der Waals surface area (Å²) in [7, 11) is 3.22. The van der Waals surface area contributed by atoms with Gasteiger partial charge in [-0.15, -0.1) is 0 Å². The van der Waals surface area contributed by atoms with Crippen molar-refractivity contribution in [1.29, 1.82) is 0 Å². The Morgan fingerprint density at radius 3 is 2.74 bits per heavy atom. The van der Waals surface area contributed by atoms with Gasteiger partial charge in [0.15, 0.2) is 0 Å². The van der Waals surface area contributed by atoms with Gasteiger partial charge < -0.3 is 9.64 Å². The van der Waals surface area contributed by atoms with Crippen LogP contribution in [0.1, 0.15) is 17.3 Å². The molecular weight excluding hydrogens is 363 g/mol. The van der Waals surface area contributed by atoms with E-state index < -0.39 is 4.92 Å². The lowest BCUT2D eigenvalue weighted by Crippen LogP contribution is -2.38. The molecule has 0 fully saturated rings. The molecule has 0 aromatic heterocycles. The largest absolute Gasteiger partial charge is 0.383 e. The highest BCUT2D eigenvalue weighted by Crippen LogP contribution is 2.21. The number of nitrogens with zero attached hydrogens (tertiary/aromatic N) is 2. The van der Waals surface area contributed by atoms with E-state index in [9.17, 15) is 14.9 Å². The normalized spacial score (nSPS) is 12.0. The number of carbonyl (C=O) groups excluding carboxylic acids is 1. The van der Waals surface area contributed by atoms with Crippen LogP contribution < -0.4 is 0 Å². The SMILES string of the molecule is COCC(C)N(C)C(=O)c1cc([N+](=O)[O-])ccc1I. The molecule has 0 spiro atoms. The highest BCUT2D eigenvalue weighted by atomic mass is 127. The maximum atomic E-state index is 12.3. The second kappa shape index (κ2) is 6.80. The van der Waals surface area contributed by atoms with Crippen molar-refractivity contribution in [3.8, 4) is 0 Å². The smallest absolute Gasteiger partial charge is 0.270 e. The molecule has 0 aliphatic carbocycles. The Kier molecular flexibility index (Phi) is 5.67. The molecule has 0 radical (unpaired) electrons. The molecule has 1 atom stereocenters. The predicted octanol–water partition coefficient (Wildman–Crippen LogP) is 2.31. The van der Waals surface area contributed by atoms with Gasteiger partial charge in [0.25, 0.3) is 11.6 Å². The maximum Gasteiger partial charge on any atom is 0.270 e. The van der Waals surface area contributed by atoms with Crippen molar-refractivity contribution in [3.05, 3.63) is 37.4 Å². The Morgan fingerprint density at radius 2 is 2.21 bits per heavy atom. The van der Waals surface area contributed by atoms with E-state index in [1.54, 1.807) is 20.2 Å². The van der Waals surface area contributed by atoms with Crippen LogP contribution in [0.25, 0.3) is 0 Å². The number of non-ortho nitro benzene ring substituents is 1. The molecule has 0 saturated carbocycles. The average Bonchev–Trinajstić information content (AvgIpc) is 2.37. The second-order valence-electron chi connectivity index (χ2n) is 4.14. The summed E-state index contributed by atoms with van der Waals surface area (Å²) in [5, 5.41) is 10.8. The molecule has 104 valence electrons. The van der Waals surface area contributed by atoms with Crippen molar-refractivity contribution >= 4 is 34.2 Å². The molecule has 1 rings (SSSR count). The summed E-state index contributed by atoms with van der Waals surface area (Å²) in [5.41, 5.74) is 0.247. The van der Waals surface area contributed by atoms with Crippen LogP contribution in [-0.2, 0) is 4.74 Å². The molecule has 0 aliphatic heterocycles. The van der Waals surface area contributed by atoms with Crippen LogP contribution in [0.5, 0.6) is 0 Å². The van der Waals surface area contributed by atoms with E-state index in [0.29, 0.717) is 15.7 Å². The fraction of sp³-hybridized carbons (Fsp3) is 0.417. The molecule has 1 aromatic rings. The third kappa shape index (κ3) is 3.87. The van der Waals surface area contributed by atoms with Gasteiger partial charge in [-0.3, -0.25) is 14.9 Å². The van der Waals surface area contributed by atoms with Gasteiger partial charge in [0.1, 0.15) is 0 Å². The lowest BCUT2D eigenvalue weighted by molar-refractivity contribution is -0.384. The fourth-order valence-electron chi connectivity index (χ4n) is 1.53. The Labute approximate surface area is 125 Å². The van der Waals surface area contributed by atoms with Crippen LogP contribution in [0.2, 0.25) is 0 Å². The Balaban J connectivity index is 3.04. The zero-order valence-electron chi connectivity index (χ0n) is 10.9. The van der Waals surface area contributed by atoms with Crippen LogP contribution in [0.15, 0.2) is 18.2 Å². The molecule has 1 unspecified atom stereocenters. The molecule has 19 heavy (non-hydrogen) atoms. The lowest BCUT2D eigenvalue weighted by Gasteiger charge is -2.24. The summed E-state index contributed by atoms with van der Waals surface area (Å²) >= 11 is 1.99. The van der Waals surface area contributed by atoms with Gasteiger partial charge in [0, 0.05) is 29.9 Å². The van der Waals surface area contributed by atoms with Crippen LogP contribution in [0.4, 0.5) is 5.69 Å². The number of hydrogen-bond acceptors (Lipinski definition) is 4. The minimum Gasteiger partial charge on any atom is -0.383 e. The third-order valence-corrected chi connectivity index (χ3v) is 3.72. The van der Waals surface area contributed by atoms with Gasteiger partial charge in [-0.25, -0.2) is 0 Å². The van der Waals surface area contributed by atoms with Crippen molar-refractivity contribution in [3.63, 3.8) is 0 Å². The molecule has 0 saturated heterocycles. The number of likely N-dealkylation sites (N-methyl/N-ethyl adjacent to an activating group) is 1. The molecule has 0 heterocycles. The summed E-state index contributed by atoms with van der Waals surface area (Å²) in [6.07, 6.45) is 0. The average molecular weight is 378 g/mol. The van der Waals surface area contributed by atoms with E-state index in [2.05, 4.69) is 0 Å². The number of benzene rings is 1. The van der Waals surface area contributed by atoms with Crippen LogP contribution in [0, 0.1) is 13.7 Å². The number of halogens is 1. The van der Waals surface area contributed by atoms with Crippen molar-refractivity contribution in [1.82, 2.24) is 4.90 Å². The predicted molar refractivity (Wildman–Crippen MR) is 79.2 cm³/mol. The Morgan fingerprint density at radius 1 is 1.58 bits per heavy atom. The maximum absolute atomic E-state index is 12.3. The number of rotatable bonds is 5. The molecule has 7 heteroatoms. The van der Waals surface area contributed by atoms with Gasteiger partial charge in [-0.2, -0.15) is 0 Å². The first-order chi connectivity index (χ1) is 8.88. The Hall–Kier alpha value is -1.22. The summed E-state index contributed by atoms with van der Waals surface area (Å²) in [4.78, 5) is 24.1. The zero-order chi connectivity index (χ0) is 14.6. The van der Waals surface area contributed by atoms with Gasteiger partial charge in [0.05, 0.1) is 23.1 Å². The number of hydrogen-bond donors (Lipinski definition) is 0. The molecule has 1 aromatic carbocycles. The quantitative estimate of drug-likeness (QED) is 0.448. The van der Waals surface area contributed by atoms with Crippen molar-refractivity contribution < 1.29 is 14.5 Å². The van der Waals surface area contributed by atoms with Crippen molar-refractivity contribution in [2.45, 2.75) is 13.0 Å². The van der Waals surface area contributed by atoms with Gasteiger partial charge in [-0.1, -0.05) is 0 Å². The minimum atomic E-state index is -0.508. The van der Waals surface area contributed by atoms with E-state index in [1.165, 1.54) is 17.0 Å². The molecule has 6 nitrogen and oxygen atoms in total. The summed E-state index contributed by atoms with van der Waals surface area (Å²) < 4.78 is 5.68. The summed E-state index contributed by atoms with van der Waals surface area (Å²) in [6, 6.07) is 4.16. The first-order valence-corrected chi connectivity index (χ1v) is 6.66. The number of carbonyl (C=O) groups is 1. The van der Waals surface area contributed by atoms with E-state index >= 15 is 0 Å². The lowest BCUT2D eigenvalue weighted by atomic mass is 10.1. The minimum absolute atomic E-state index is 0.0865. The van der Waals surface area contributed by atoms with Gasteiger partial charge in [0.2, 0.25) is 0 Å². The molecular formula is C12H15IN2O4. The van der Waals surface area contributed by atoms with Gasteiger partial charge >= 0.3 is 0 Å². The number of ether oxygens (including phenoxy) is 1. The number of nitro groups is 1. The topological polar surface area (TPSA) is 72.7 Å². The third-order valence-electron chi connectivity index (χ3n) is 2.78. The van der Waals surface area contributed by atoms with E-state index in [4.69, 9.17) is 4.74 Å². The number of nitro benzene ring substituents is 1. The Bertz CT molecular complexity index is 493. The van der Waals surface area contributed by atoms with Gasteiger partial charge in [-0.05, 0) is 35.6 Å². The van der Waals surface area contributed by atoms with Crippen molar-refractivity contribution in [2.24, 2.45) is 0 Å². The highest BCUT2D eigenvalue weighted by molar-refractivity contribution is 14.1. The highest BCUT2D eigenvalue weighted by Gasteiger charge is 2.21. The second-order valence-corrected chi connectivity index (χ2v) is 5.30. The standard InChI is InChI=1S/C12H15IN2O4/c1-8(7-19-3)14(2)12(16)10-6-9(15(17)18)4-5-11(10)13/h4-6,8H,7H2,1-3H3. The molecule has 0 aliphatic rings. The molecule has 0 N–H and O–H groups in total. The van der Waals surface area contributed by atoms with Crippen LogP contribution in [-0.4, -0.2) is 42.5 Å². The van der Waals surface area contributed by atoms with Crippen LogP contribution in [0.3, 0.4) is 0 Å². The molecule has 0 bridgehead atoms. The number of methoxy groups -OCH3 is 1. The van der Waals surface area contributed by atoms with E-state index in [0.717, 1.165) is 0 Å². The summed E-state index contributed by atoms with van der Waals surface area (Å²) in [5.74, 6) is -0.252. The number of amides is 1. The van der Waals surface area contributed by atoms with E-state index in [-0.39, 0.29) is 17.6 Å². The zero-order valence-corrected chi connectivity index (χ0v) is 13.1. The first kappa shape index (κ1) is 15.8. The van der Waals surface area contributed by atoms with Crippen molar-refractivity contribution in [2.75, 3.05) is 20.8 Å². The van der Waals surface area contributed by atoms with Crippen LogP contribution >= 0.6 is 22.6 Å². The first-order valence-electron chi connectivity index (χ1n) is 5.58. The summed E-state index contributed by atoms with van der Waals surface area (Å²) in [6.45, 7) is 2.26. The molecule has 1 amide bonds. The van der Waals surface area contributed by atoms with E-state index in [1.807, 2.05) is 29.5 Å².